The predicted molar refractivity (Wildman–Crippen MR) is 119 cm³/mol. The van der Waals surface area contributed by atoms with Crippen LogP contribution in [0.25, 0.3) is 21.6 Å². The first kappa shape index (κ1) is 19.8. The van der Waals surface area contributed by atoms with E-state index in [-0.39, 0.29) is 11.6 Å². The van der Waals surface area contributed by atoms with Crippen molar-refractivity contribution in [2.45, 2.75) is 13.3 Å². The minimum atomic E-state index is -0.179. The second-order valence-electron chi connectivity index (χ2n) is 6.64. The zero-order chi connectivity index (χ0) is 20.2. The molecule has 3 heterocycles. The lowest BCUT2D eigenvalue weighted by Gasteiger charge is -2.26. The quantitative estimate of drug-likeness (QED) is 0.638. The number of ether oxygens (including phenoxy) is 1. The number of fused-ring (bicyclic) bond motifs is 1. The van der Waals surface area contributed by atoms with Crippen molar-refractivity contribution in [1.82, 2.24) is 14.9 Å². The normalized spacial score (nSPS) is 14.2. The second-order valence-corrected chi connectivity index (χ2v) is 8.78. The summed E-state index contributed by atoms with van der Waals surface area (Å²) in [6.07, 6.45) is 0.860. The highest BCUT2D eigenvalue weighted by molar-refractivity contribution is 7.99. The number of carbonyl (C=O) groups is 1. The number of benzene rings is 1. The fourth-order valence-electron chi connectivity index (χ4n) is 3.10. The summed E-state index contributed by atoms with van der Waals surface area (Å²) in [5.74, 6) is 2.96. The average Bonchev–Trinajstić information content (AvgIpc) is 3.23. The number of aromatic amines is 1. The molecule has 1 fully saturated rings. The second kappa shape index (κ2) is 8.87. The van der Waals surface area contributed by atoms with Crippen molar-refractivity contribution in [2.75, 3.05) is 36.5 Å². The Morgan fingerprint density at radius 3 is 2.93 bits per heavy atom. The van der Waals surface area contributed by atoms with Gasteiger partial charge in [0.1, 0.15) is 16.3 Å². The summed E-state index contributed by atoms with van der Waals surface area (Å²) in [6, 6.07) is 7.13. The molecule has 9 heteroatoms. The molecule has 1 saturated heterocycles. The van der Waals surface area contributed by atoms with Gasteiger partial charge in [0.05, 0.1) is 17.7 Å². The number of amides is 2. The minimum Gasteiger partial charge on any atom is -0.493 e. The van der Waals surface area contributed by atoms with Gasteiger partial charge in [0.15, 0.2) is 0 Å². The number of H-pyrrole nitrogens is 1. The minimum absolute atomic E-state index is 0.117. The van der Waals surface area contributed by atoms with Crippen LogP contribution >= 0.6 is 23.1 Å². The Balaban J connectivity index is 1.68. The SMILES string of the molecule is CCCOc1ccc(NC(=O)N2CCSCC2)cc1-c1nc2ccsc2c(=O)[nH]1. The van der Waals surface area contributed by atoms with Crippen molar-refractivity contribution in [2.24, 2.45) is 0 Å². The van der Waals surface area contributed by atoms with Gasteiger partial charge in [0.25, 0.3) is 5.56 Å². The van der Waals surface area contributed by atoms with Crippen LogP contribution in [0.3, 0.4) is 0 Å². The third-order valence-corrected chi connectivity index (χ3v) is 6.41. The summed E-state index contributed by atoms with van der Waals surface area (Å²) in [5.41, 5.74) is 1.76. The summed E-state index contributed by atoms with van der Waals surface area (Å²) >= 11 is 3.22. The summed E-state index contributed by atoms with van der Waals surface area (Å²) in [5, 5.41) is 4.80. The van der Waals surface area contributed by atoms with Gasteiger partial charge in [0.2, 0.25) is 0 Å². The van der Waals surface area contributed by atoms with Crippen LogP contribution in [0.2, 0.25) is 0 Å². The van der Waals surface area contributed by atoms with Crippen molar-refractivity contribution in [3.63, 3.8) is 0 Å². The topological polar surface area (TPSA) is 87.3 Å². The molecule has 4 rings (SSSR count). The van der Waals surface area contributed by atoms with E-state index >= 15 is 0 Å². The Morgan fingerprint density at radius 2 is 2.14 bits per heavy atom. The zero-order valence-corrected chi connectivity index (χ0v) is 17.7. The predicted octanol–water partition coefficient (Wildman–Crippen LogP) is 4.02. The summed E-state index contributed by atoms with van der Waals surface area (Å²) in [4.78, 5) is 34.3. The van der Waals surface area contributed by atoms with Gasteiger partial charge in [-0.2, -0.15) is 11.8 Å². The molecule has 0 atom stereocenters. The van der Waals surface area contributed by atoms with Gasteiger partial charge in [-0.1, -0.05) is 6.92 Å². The smallest absolute Gasteiger partial charge is 0.321 e. The van der Waals surface area contributed by atoms with Gasteiger partial charge in [-0.3, -0.25) is 4.79 Å². The third kappa shape index (κ3) is 4.40. The largest absolute Gasteiger partial charge is 0.493 e. The fourth-order valence-corrected chi connectivity index (χ4v) is 4.73. The van der Waals surface area contributed by atoms with E-state index in [9.17, 15) is 9.59 Å². The lowest BCUT2D eigenvalue weighted by Crippen LogP contribution is -2.40. The molecule has 2 aromatic heterocycles. The lowest BCUT2D eigenvalue weighted by molar-refractivity contribution is 0.217. The van der Waals surface area contributed by atoms with E-state index < -0.39 is 0 Å². The maximum absolute atomic E-state index is 12.6. The number of urea groups is 1. The van der Waals surface area contributed by atoms with Crippen molar-refractivity contribution in [3.05, 3.63) is 40.0 Å². The van der Waals surface area contributed by atoms with Crippen molar-refractivity contribution in [3.8, 4) is 17.1 Å². The Bertz CT molecular complexity index is 1070. The molecule has 1 aliphatic heterocycles. The molecule has 0 radical (unpaired) electrons. The van der Waals surface area contributed by atoms with Crippen LogP contribution in [-0.2, 0) is 0 Å². The number of carbonyl (C=O) groups excluding carboxylic acids is 1. The van der Waals surface area contributed by atoms with Gasteiger partial charge in [-0.15, -0.1) is 11.3 Å². The van der Waals surface area contributed by atoms with Crippen LogP contribution in [0.1, 0.15) is 13.3 Å². The van der Waals surface area contributed by atoms with E-state index in [4.69, 9.17) is 4.74 Å². The molecule has 29 heavy (non-hydrogen) atoms. The summed E-state index contributed by atoms with van der Waals surface area (Å²) in [6.45, 7) is 4.06. The molecule has 1 aromatic carbocycles. The molecule has 0 saturated carbocycles. The highest BCUT2D eigenvalue weighted by Gasteiger charge is 2.18. The molecule has 7 nitrogen and oxygen atoms in total. The number of nitrogens with zero attached hydrogens (tertiary/aromatic N) is 2. The van der Waals surface area contributed by atoms with Gasteiger partial charge in [0, 0.05) is 30.3 Å². The number of thiophene rings is 1. The standard InChI is InChI=1S/C20H22N4O3S2/c1-2-8-27-16-4-3-13(21-20(26)24-6-10-28-11-7-24)12-14(16)18-22-15-5-9-29-17(15)19(25)23-18/h3-5,9,12H,2,6-8,10-11H2,1H3,(H,21,26)(H,22,23,25). The van der Waals surface area contributed by atoms with Gasteiger partial charge in [-0.05, 0) is 36.1 Å². The maximum Gasteiger partial charge on any atom is 0.321 e. The molecule has 0 aliphatic carbocycles. The summed E-state index contributed by atoms with van der Waals surface area (Å²) < 4.78 is 6.46. The lowest BCUT2D eigenvalue weighted by atomic mass is 10.1. The number of rotatable bonds is 5. The molecule has 0 unspecified atom stereocenters. The van der Waals surface area contributed by atoms with Crippen LogP contribution in [-0.4, -0.2) is 52.1 Å². The average molecular weight is 431 g/mol. The first-order valence-corrected chi connectivity index (χ1v) is 11.6. The number of hydrogen-bond donors (Lipinski definition) is 2. The van der Waals surface area contributed by atoms with Gasteiger partial charge < -0.3 is 19.9 Å². The number of hydrogen-bond acceptors (Lipinski definition) is 6. The Morgan fingerprint density at radius 1 is 1.31 bits per heavy atom. The molecule has 3 aromatic rings. The molecule has 0 spiro atoms. The van der Waals surface area contributed by atoms with Crippen molar-refractivity contribution >= 4 is 45.0 Å². The molecule has 152 valence electrons. The fraction of sp³-hybridized carbons (Fsp3) is 0.350. The number of thioether (sulfide) groups is 1. The van der Waals surface area contributed by atoms with Crippen LogP contribution in [0.15, 0.2) is 34.4 Å². The highest BCUT2D eigenvalue weighted by atomic mass is 32.2. The molecular formula is C20H22N4O3S2. The van der Waals surface area contributed by atoms with E-state index in [1.54, 1.807) is 6.07 Å². The molecule has 0 bridgehead atoms. The summed E-state index contributed by atoms with van der Waals surface area (Å²) in [7, 11) is 0. The first-order chi connectivity index (χ1) is 14.2. The first-order valence-electron chi connectivity index (χ1n) is 9.54. The number of aromatic nitrogens is 2. The monoisotopic (exact) mass is 430 g/mol. The van der Waals surface area contributed by atoms with Crippen molar-refractivity contribution in [1.29, 1.82) is 0 Å². The van der Waals surface area contributed by atoms with Gasteiger partial charge in [-0.25, -0.2) is 9.78 Å². The van der Waals surface area contributed by atoms with Crippen molar-refractivity contribution < 1.29 is 9.53 Å². The zero-order valence-electron chi connectivity index (χ0n) is 16.1. The number of anilines is 1. The molecule has 2 amide bonds. The maximum atomic E-state index is 12.6. The van der Waals surface area contributed by atoms with E-state index in [0.717, 1.165) is 31.0 Å². The van der Waals surface area contributed by atoms with E-state index in [1.807, 2.05) is 47.2 Å². The van der Waals surface area contributed by atoms with Crippen LogP contribution in [0.5, 0.6) is 5.75 Å². The van der Waals surface area contributed by atoms with E-state index in [1.165, 1.54) is 11.3 Å². The Hall–Kier alpha value is -2.52. The molecule has 2 N–H and O–H groups in total. The van der Waals surface area contributed by atoms with E-state index in [0.29, 0.717) is 39.6 Å². The van der Waals surface area contributed by atoms with Crippen LogP contribution in [0, 0.1) is 0 Å². The Labute approximate surface area is 176 Å². The van der Waals surface area contributed by atoms with Crippen LogP contribution in [0.4, 0.5) is 10.5 Å². The number of nitrogens with one attached hydrogen (secondary N) is 2. The van der Waals surface area contributed by atoms with E-state index in [2.05, 4.69) is 15.3 Å². The Kier molecular flexibility index (Phi) is 6.05. The van der Waals surface area contributed by atoms with Crippen LogP contribution < -0.4 is 15.6 Å². The molecular weight excluding hydrogens is 408 g/mol. The molecule has 1 aliphatic rings. The highest BCUT2D eigenvalue weighted by Crippen LogP contribution is 2.31. The third-order valence-electron chi connectivity index (χ3n) is 4.56. The van der Waals surface area contributed by atoms with Gasteiger partial charge >= 0.3 is 6.03 Å².